The summed E-state index contributed by atoms with van der Waals surface area (Å²) < 4.78 is 0. The fourth-order valence-corrected chi connectivity index (χ4v) is 4.51. The number of nitriles is 1. The molecule has 1 N–H and O–H groups in total. The van der Waals surface area contributed by atoms with Gasteiger partial charge in [0.1, 0.15) is 23.3 Å². The van der Waals surface area contributed by atoms with Gasteiger partial charge in [0.25, 0.3) is 5.91 Å². The van der Waals surface area contributed by atoms with E-state index >= 15 is 0 Å². The minimum atomic E-state index is -0.472. The van der Waals surface area contributed by atoms with Crippen LogP contribution in [-0.4, -0.2) is 34.4 Å². The minimum absolute atomic E-state index is 0.0488. The van der Waals surface area contributed by atoms with Crippen molar-refractivity contribution < 1.29 is 9.59 Å². The predicted octanol–water partition coefficient (Wildman–Crippen LogP) is 2.75. The third-order valence-electron chi connectivity index (χ3n) is 5.94. The number of aromatic nitrogens is 2. The highest BCUT2D eigenvalue weighted by atomic mass is 16.2. The van der Waals surface area contributed by atoms with Crippen molar-refractivity contribution in [2.45, 2.75) is 45.1 Å². The second kappa shape index (κ2) is 7.63. The third-order valence-corrected chi connectivity index (χ3v) is 5.94. The van der Waals surface area contributed by atoms with Gasteiger partial charge in [0.05, 0.1) is 5.41 Å². The molecule has 1 aliphatic heterocycles. The predicted molar refractivity (Wildman–Crippen MR) is 107 cm³/mol. The first-order valence-corrected chi connectivity index (χ1v) is 9.94. The average Bonchev–Trinajstić information content (AvgIpc) is 3.03. The lowest BCUT2D eigenvalue weighted by atomic mass is 9.71. The Kier molecular flexibility index (Phi) is 5.01. The first kappa shape index (κ1) is 19.1. The molecule has 7 heteroatoms. The van der Waals surface area contributed by atoms with E-state index in [1.807, 2.05) is 25.1 Å². The van der Waals surface area contributed by atoms with Gasteiger partial charge in [-0.1, -0.05) is 18.6 Å². The molecule has 1 unspecified atom stereocenters. The van der Waals surface area contributed by atoms with E-state index in [1.54, 1.807) is 29.2 Å². The molecule has 1 aliphatic carbocycles. The number of hydrogen-bond acceptors (Lipinski definition) is 5. The lowest BCUT2D eigenvalue weighted by Crippen LogP contribution is -2.46. The summed E-state index contributed by atoms with van der Waals surface area (Å²) in [6.07, 6.45) is 3.92. The molecule has 2 fully saturated rings. The highest BCUT2D eigenvalue weighted by molar-refractivity contribution is 5.99. The summed E-state index contributed by atoms with van der Waals surface area (Å²) in [5.74, 6) is 0.384. The smallest absolute Gasteiger partial charge is 0.270 e. The summed E-state index contributed by atoms with van der Waals surface area (Å²) in [4.78, 5) is 36.2. The third kappa shape index (κ3) is 3.70. The standard InChI is InChI=1S/C22H23N5O2/c1-15-5-2-8-18(24-15)20(28)26-16-7-4-10-22(13-16)11-12-27(21(22)29)19-9-3-6-17(14-23)25-19/h2-3,5-6,8-9,16H,4,7,10-13H2,1H3,(H,26,28)/t16-,22?/m0/s1. The van der Waals surface area contributed by atoms with Gasteiger partial charge in [-0.3, -0.25) is 14.5 Å². The van der Waals surface area contributed by atoms with Crippen LogP contribution in [0.4, 0.5) is 5.82 Å². The lowest BCUT2D eigenvalue weighted by molar-refractivity contribution is -0.127. The molecule has 4 rings (SSSR count). The van der Waals surface area contributed by atoms with Gasteiger partial charge in [-0.2, -0.15) is 5.26 Å². The monoisotopic (exact) mass is 389 g/mol. The molecule has 1 saturated carbocycles. The maximum Gasteiger partial charge on any atom is 0.270 e. The number of anilines is 1. The van der Waals surface area contributed by atoms with Gasteiger partial charge >= 0.3 is 0 Å². The van der Waals surface area contributed by atoms with Crippen LogP contribution in [0.2, 0.25) is 0 Å². The molecule has 2 aliphatic rings. The number of rotatable bonds is 3. The fraction of sp³-hybridized carbons (Fsp3) is 0.409. The molecule has 0 aromatic carbocycles. The van der Waals surface area contributed by atoms with E-state index in [-0.39, 0.29) is 17.9 Å². The highest BCUT2D eigenvalue weighted by Gasteiger charge is 2.50. The molecule has 29 heavy (non-hydrogen) atoms. The van der Waals surface area contributed by atoms with Crippen LogP contribution in [0.3, 0.4) is 0 Å². The lowest BCUT2D eigenvalue weighted by Gasteiger charge is -2.36. The zero-order valence-corrected chi connectivity index (χ0v) is 16.4. The zero-order valence-electron chi connectivity index (χ0n) is 16.4. The highest BCUT2D eigenvalue weighted by Crippen LogP contribution is 2.45. The topological polar surface area (TPSA) is 99.0 Å². The van der Waals surface area contributed by atoms with Crippen LogP contribution in [-0.2, 0) is 4.79 Å². The quantitative estimate of drug-likeness (QED) is 0.870. The molecule has 7 nitrogen and oxygen atoms in total. The minimum Gasteiger partial charge on any atom is -0.348 e. The summed E-state index contributed by atoms with van der Waals surface area (Å²) >= 11 is 0. The largest absolute Gasteiger partial charge is 0.348 e. The second-order valence-corrected chi connectivity index (χ2v) is 7.91. The van der Waals surface area contributed by atoms with E-state index in [1.165, 1.54) is 0 Å². The molecular formula is C22H23N5O2. The van der Waals surface area contributed by atoms with Gasteiger partial charge in [0.15, 0.2) is 0 Å². The van der Waals surface area contributed by atoms with Crippen LogP contribution in [0, 0.1) is 23.7 Å². The van der Waals surface area contributed by atoms with Crippen molar-refractivity contribution in [3.8, 4) is 6.07 Å². The SMILES string of the molecule is Cc1cccc(C(=O)N[C@H]2CCCC3(CCN(c4cccc(C#N)n4)C3=O)C2)n1. The Hall–Kier alpha value is -3.27. The molecule has 1 spiro atoms. The maximum absolute atomic E-state index is 13.3. The van der Waals surface area contributed by atoms with Crippen molar-refractivity contribution in [1.82, 2.24) is 15.3 Å². The molecule has 2 amide bonds. The summed E-state index contributed by atoms with van der Waals surface area (Å²) in [6, 6.07) is 12.5. The normalized spacial score (nSPS) is 23.8. The number of nitrogens with one attached hydrogen (secondary N) is 1. The van der Waals surface area contributed by atoms with Crippen LogP contribution in [0.1, 0.15) is 54.0 Å². The van der Waals surface area contributed by atoms with Crippen LogP contribution >= 0.6 is 0 Å². The first-order valence-electron chi connectivity index (χ1n) is 9.94. The van der Waals surface area contributed by atoms with Crippen molar-refractivity contribution in [3.05, 3.63) is 53.5 Å². The number of hydrogen-bond donors (Lipinski definition) is 1. The summed E-state index contributed by atoms with van der Waals surface area (Å²) in [6.45, 7) is 2.44. The molecule has 1 saturated heterocycles. The number of aryl methyl sites for hydroxylation is 1. The van der Waals surface area contributed by atoms with Crippen molar-refractivity contribution in [1.29, 1.82) is 5.26 Å². The van der Waals surface area contributed by atoms with Crippen LogP contribution in [0.25, 0.3) is 0 Å². The Morgan fingerprint density at radius 3 is 2.86 bits per heavy atom. The molecule has 148 valence electrons. The van der Waals surface area contributed by atoms with E-state index in [0.717, 1.165) is 31.4 Å². The number of carbonyl (C=O) groups excluding carboxylic acids is 2. The molecule has 3 heterocycles. The van der Waals surface area contributed by atoms with E-state index in [9.17, 15) is 9.59 Å². The molecule has 2 aromatic rings. The number of pyridine rings is 2. The van der Waals surface area contributed by atoms with Gasteiger partial charge in [-0.15, -0.1) is 0 Å². The van der Waals surface area contributed by atoms with Gasteiger partial charge in [-0.05, 0) is 56.9 Å². The van der Waals surface area contributed by atoms with E-state index in [4.69, 9.17) is 5.26 Å². The Labute approximate surface area is 169 Å². The number of nitrogens with zero attached hydrogens (tertiary/aromatic N) is 4. The summed E-state index contributed by atoms with van der Waals surface area (Å²) in [5, 5.41) is 12.2. The molecule has 2 atom stereocenters. The molecule has 2 aromatic heterocycles. The number of carbonyl (C=O) groups is 2. The zero-order chi connectivity index (χ0) is 20.4. The van der Waals surface area contributed by atoms with Gasteiger partial charge in [0, 0.05) is 18.3 Å². The van der Waals surface area contributed by atoms with E-state index in [0.29, 0.717) is 30.2 Å². The van der Waals surface area contributed by atoms with Crippen LogP contribution in [0.15, 0.2) is 36.4 Å². The molecule has 0 radical (unpaired) electrons. The summed E-state index contributed by atoms with van der Waals surface area (Å²) in [5.41, 5.74) is 1.03. The van der Waals surface area contributed by atoms with E-state index < -0.39 is 5.41 Å². The maximum atomic E-state index is 13.3. The van der Waals surface area contributed by atoms with E-state index in [2.05, 4.69) is 15.3 Å². The van der Waals surface area contributed by atoms with Crippen LogP contribution < -0.4 is 10.2 Å². The van der Waals surface area contributed by atoms with Crippen molar-refractivity contribution >= 4 is 17.6 Å². The summed E-state index contributed by atoms with van der Waals surface area (Å²) in [7, 11) is 0. The fourth-order valence-electron chi connectivity index (χ4n) is 4.51. The molecule has 0 bridgehead atoms. The Bertz CT molecular complexity index is 999. The number of amides is 2. The average molecular weight is 389 g/mol. The Morgan fingerprint density at radius 1 is 1.24 bits per heavy atom. The second-order valence-electron chi connectivity index (χ2n) is 7.91. The first-order chi connectivity index (χ1) is 14.0. The van der Waals surface area contributed by atoms with Gasteiger partial charge in [0.2, 0.25) is 5.91 Å². The van der Waals surface area contributed by atoms with Gasteiger partial charge < -0.3 is 5.32 Å². The van der Waals surface area contributed by atoms with Crippen molar-refractivity contribution in [2.75, 3.05) is 11.4 Å². The van der Waals surface area contributed by atoms with Crippen molar-refractivity contribution in [2.24, 2.45) is 5.41 Å². The molecular weight excluding hydrogens is 366 g/mol. The Balaban J connectivity index is 1.48. The Morgan fingerprint density at radius 2 is 2.07 bits per heavy atom. The van der Waals surface area contributed by atoms with Crippen molar-refractivity contribution in [3.63, 3.8) is 0 Å². The van der Waals surface area contributed by atoms with Crippen LogP contribution in [0.5, 0.6) is 0 Å². The van der Waals surface area contributed by atoms with Gasteiger partial charge in [-0.25, -0.2) is 9.97 Å².